The molecular weight excluding hydrogens is 278 g/mol. The van der Waals surface area contributed by atoms with Crippen molar-refractivity contribution in [2.45, 2.75) is 102 Å². The topological polar surface area (TPSA) is 49.8 Å². The van der Waals surface area contributed by atoms with Crippen LogP contribution in [-0.2, 0) is 4.74 Å². The lowest BCUT2D eigenvalue weighted by Gasteiger charge is -2.44. The van der Waals surface area contributed by atoms with Crippen LogP contribution in [-0.4, -0.2) is 39.4 Å². The number of hydrogen-bond donors (Lipinski definition) is 1. The Bertz CT molecular complexity index is 409. The molecule has 0 radical (unpaired) electrons. The highest BCUT2D eigenvalue weighted by molar-refractivity contribution is 5.69. The van der Waals surface area contributed by atoms with Crippen LogP contribution in [0.25, 0.3) is 0 Å². The standard InChI is InChI=1S/C18H31NO3/c1-17(2,3)22-16(20)19-14-8-9-15(19)12-18(21,11-14)10-13-6-4-5-7-13/h13-15,21H,4-12H2,1-3H3. The fourth-order valence-corrected chi connectivity index (χ4v) is 4.85. The van der Waals surface area contributed by atoms with Gasteiger partial charge in [-0.15, -0.1) is 0 Å². The summed E-state index contributed by atoms with van der Waals surface area (Å²) in [4.78, 5) is 14.4. The number of ether oxygens (including phenoxy) is 1. The molecular formula is C18H31NO3. The van der Waals surface area contributed by atoms with E-state index < -0.39 is 11.2 Å². The highest BCUT2D eigenvalue weighted by atomic mass is 16.6. The Labute approximate surface area is 134 Å². The maximum absolute atomic E-state index is 12.5. The van der Waals surface area contributed by atoms with E-state index in [9.17, 15) is 9.90 Å². The number of aliphatic hydroxyl groups is 1. The third-order valence-electron chi connectivity index (χ3n) is 5.60. The molecule has 0 aromatic carbocycles. The van der Waals surface area contributed by atoms with Crippen molar-refractivity contribution in [3.8, 4) is 0 Å². The Balaban J connectivity index is 1.64. The first-order chi connectivity index (χ1) is 10.3. The lowest BCUT2D eigenvalue weighted by Crippen LogP contribution is -2.54. The summed E-state index contributed by atoms with van der Waals surface area (Å²) in [6.07, 6.45) is 9.41. The summed E-state index contributed by atoms with van der Waals surface area (Å²) >= 11 is 0. The van der Waals surface area contributed by atoms with Gasteiger partial charge >= 0.3 is 6.09 Å². The van der Waals surface area contributed by atoms with Crippen LogP contribution in [0.5, 0.6) is 0 Å². The number of carbonyl (C=O) groups is 1. The van der Waals surface area contributed by atoms with E-state index in [0.717, 1.165) is 32.1 Å². The van der Waals surface area contributed by atoms with Gasteiger partial charge in [-0.25, -0.2) is 4.79 Å². The molecule has 4 heteroatoms. The zero-order valence-electron chi connectivity index (χ0n) is 14.3. The second-order valence-electron chi connectivity index (χ2n) is 8.76. The molecule has 1 aliphatic carbocycles. The number of rotatable bonds is 2. The quantitative estimate of drug-likeness (QED) is 0.842. The summed E-state index contributed by atoms with van der Waals surface area (Å²) in [5.41, 5.74) is -1.01. The van der Waals surface area contributed by atoms with Crippen molar-refractivity contribution < 1.29 is 14.6 Å². The van der Waals surface area contributed by atoms with Crippen molar-refractivity contribution in [3.05, 3.63) is 0 Å². The summed E-state index contributed by atoms with van der Waals surface area (Å²) in [6, 6.07) is 0.333. The molecule has 1 saturated carbocycles. The van der Waals surface area contributed by atoms with E-state index in [2.05, 4.69) is 0 Å². The normalized spacial score (nSPS) is 35.9. The molecule has 4 nitrogen and oxygen atoms in total. The zero-order chi connectivity index (χ0) is 16.0. The molecule has 2 aliphatic heterocycles. The summed E-state index contributed by atoms with van der Waals surface area (Å²) in [7, 11) is 0. The van der Waals surface area contributed by atoms with Crippen molar-refractivity contribution in [1.82, 2.24) is 4.90 Å². The van der Waals surface area contributed by atoms with Gasteiger partial charge in [-0.1, -0.05) is 25.7 Å². The molecule has 3 fully saturated rings. The fraction of sp³-hybridized carbons (Fsp3) is 0.944. The number of fused-ring (bicyclic) bond motifs is 2. The molecule has 126 valence electrons. The minimum absolute atomic E-state index is 0.167. The maximum atomic E-state index is 12.5. The molecule has 2 unspecified atom stereocenters. The highest BCUT2D eigenvalue weighted by Crippen LogP contribution is 2.45. The van der Waals surface area contributed by atoms with E-state index in [1.807, 2.05) is 25.7 Å². The van der Waals surface area contributed by atoms with E-state index >= 15 is 0 Å². The first-order valence-corrected chi connectivity index (χ1v) is 8.99. The van der Waals surface area contributed by atoms with Gasteiger partial charge in [0.25, 0.3) is 0 Å². The van der Waals surface area contributed by atoms with Crippen molar-refractivity contribution in [2.24, 2.45) is 5.92 Å². The van der Waals surface area contributed by atoms with Crippen LogP contribution in [0.15, 0.2) is 0 Å². The lowest BCUT2D eigenvalue weighted by atomic mass is 9.79. The Morgan fingerprint density at radius 2 is 1.68 bits per heavy atom. The third kappa shape index (κ3) is 3.42. The van der Waals surface area contributed by atoms with E-state index in [0.29, 0.717) is 5.92 Å². The first kappa shape index (κ1) is 16.1. The number of carbonyl (C=O) groups excluding carboxylic acids is 1. The Kier molecular flexibility index (Phi) is 4.17. The largest absolute Gasteiger partial charge is 0.444 e. The number of amides is 1. The molecule has 0 aromatic rings. The molecule has 3 aliphatic rings. The van der Waals surface area contributed by atoms with Gasteiger partial charge in [0.2, 0.25) is 0 Å². The van der Waals surface area contributed by atoms with Crippen molar-refractivity contribution >= 4 is 6.09 Å². The molecule has 2 saturated heterocycles. The van der Waals surface area contributed by atoms with Crippen LogP contribution in [0.3, 0.4) is 0 Å². The smallest absolute Gasteiger partial charge is 0.410 e. The van der Waals surface area contributed by atoms with E-state index in [-0.39, 0.29) is 18.2 Å². The monoisotopic (exact) mass is 309 g/mol. The van der Waals surface area contributed by atoms with Gasteiger partial charge in [0, 0.05) is 12.1 Å². The molecule has 22 heavy (non-hydrogen) atoms. The highest BCUT2D eigenvalue weighted by Gasteiger charge is 2.50. The average molecular weight is 309 g/mol. The second-order valence-corrected chi connectivity index (χ2v) is 8.76. The van der Waals surface area contributed by atoms with Gasteiger partial charge in [0.1, 0.15) is 5.60 Å². The van der Waals surface area contributed by atoms with Gasteiger partial charge in [0.15, 0.2) is 0 Å². The van der Waals surface area contributed by atoms with Gasteiger partial charge in [-0.2, -0.15) is 0 Å². The van der Waals surface area contributed by atoms with E-state index in [4.69, 9.17) is 4.74 Å². The van der Waals surface area contributed by atoms with E-state index in [1.165, 1.54) is 25.7 Å². The maximum Gasteiger partial charge on any atom is 0.410 e. The van der Waals surface area contributed by atoms with Gasteiger partial charge in [0.05, 0.1) is 5.60 Å². The van der Waals surface area contributed by atoms with Crippen molar-refractivity contribution in [1.29, 1.82) is 0 Å². The van der Waals surface area contributed by atoms with Gasteiger partial charge in [-0.3, -0.25) is 0 Å². The van der Waals surface area contributed by atoms with Gasteiger partial charge in [-0.05, 0) is 58.8 Å². The lowest BCUT2D eigenvalue weighted by molar-refractivity contribution is -0.0696. The summed E-state index contributed by atoms with van der Waals surface area (Å²) in [6.45, 7) is 5.73. The van der Waals surface area contributed by atoms with Crippen molar-refractivity contribution in [3.63, 3.8) is 0 Å². The molecule has 2 heterocycles. The predicted octanol–water partition coefficient (Wildman–Crippen LogP) is 3.86. The predicted molar refractivity (Wildman–Crippen MR) is 85.6 cm³/mol. The summed E-state index contributed by atoms with van der Waals surface area (Å²) in [5.74, 6) is 0.692. The number of hydrogen-bond acceptors (Lipinski definition) is 3. The van der Waals surface area contributed by atoms with Crippen LogP contribution in [0, 0.1) is 5.92 Å². The third-order valence-corrected chi connectivity index (χ3v) is 5.60. The molecule has 3 rings (SSSR count). The molecule has 2 atom stereocenters. The van der Waals surface area contributed by atoms with Crippen molar-refractivity contribution in [2.75, 3.05) is 0 Å². The molecule has 1 N–H and O–H groups in total. The Hall–Kier alpha value is -0.770. The van der Waals surface area contributed by atoms with Crippen LogP contribution in [0.1, 0.15) is 78.6 Å². The zero-order valence-corrected chi connectivity index (χ0v) is 14.3. The van der Waals surface area contributed by atoms with E-state index in [1.54, 1.807) is 0 Å². The fourth-order valence-electron chi connectivity index (χ4n) is 4.85. The molecule has 1 amide bonds. The molecule has 0 spiro atoms. The number of nitrogens with zero attached hydrogens (tertiary/aromatic N) is 1. The minimum Gasteiger partial charge on any atom is -0.444 e. The minimum atomic E-state index is -0.556. The summed E-state index contributed by atoms with van der Waals surface area (Å²) in [5, 5.41) is 11.1. The second kappa shape index (κ2) is 5.70. The number of piperidine rings is 1. The average Bonchev–Trinajstić information content (AvgIpc) is 2.94. The summed E-state index contributed by atoms with van der Waals surface area (Å²) < 4.78 is 5.56. The van der Waals surface area contributed by atoms with Crippen LogP contribution >= 0.6 is 0 Å². The first-order valence-electron chi connectivity index (χ1n) is 8.99. The Morgan fingerprint density at radius 1 is 1.14 bits per heavy atom. The van der Waals surface area contributed by atoms with Gasteiger partial charge < -0.3 is 14.7 Å². The molecule has 2 bridgehead atoms. The van der Waals surface area contributed by atoms with Crippen LogP contribution in [0.2, 0.25) is 0 Å². The van der Waals surface area contributed by atoms with Crippen LogP contribution < -0.4 is 0 Å². The molecule has 0 aromatic heterocycles. The van der Waals surface area contributed by atoms with Crippen LogP contribution in [0.4, 0.5) is 4.79 Å². The Morgan fingerprint density at radius 3 is 2.18 bits per heavy atom. The SMILES string of the molecule is CC(C)(C)OC(=O)N1C2CCC1CC(O)(CC1CCCC1)C2.